The van der Waals surface area contributed by atoms with Gasteiger partial charge in [-0.05, 0) is 38.3 Å². The Kier molecular flexibility index (Phi) is 4.09. The molecular formula is C14H19IN2. The smallest absolute Gasteiger partial charge is 0.0379 e. The van der Waals surface area contributed by atoms with E-state index in [-0.39, 0.29) is 9.46 Å². The molecule has 2 unspecified atom stereocenters. The van der Waals surface area contributed by atoms with E-state index in [2.05, 4.69) is 71.3 Å². The van der Waals surface area contributed by atoms with E-state index < -0.39 is 0 Å². The molecule has 2 aliphatic carbocycles. The van der Waals surface area contributed by atoms with Crippen molar-refractivity contribution in [3.8, 4) is 0 Å². The molecule has 2 rings (SSSR count). The van der Waals surface area contributed by atoms with Gasteiger partial charge < -0.3 is 11.1 Å². The summed E-state index contributed by atoms with van der Waals surface area (Å²) < 4.78 is 0.275. The lowest BCUT2D eigenvalue weighted by molar-refractivity contribution is 0.699. The molecule has 3 heteroatoms. The minimum Gasteiger partial charge on any atom is -0.359 e. The molecule has 0 aromatic carbocycles. The van der Waals surface area contributed by atoms with Crippen molar-refractivity contribution in [2.24, 2.45) is 5.73 Å². The predicted molar refractivity (Wildman–Crippen MR) is 81.8 cm³/mol. The van der Waals surface area contributed by atoms with Gasteiger partial charge in [-0.3, -0.25) is 0 Å². The monoisotopic (exact) mass is 342 g/mol. The molecule has 0 aliphatic heterocycles. The third kappa shape index (κ3) is 4.00. The molecule has 2 nitrogen and oxygen atoms in total. The molecule has 2 atom stereocenters. The average Bonchev–Trinajstić information content (AvgIpc) is 2.44. The lowest BCUT2D eigenvalue weighted by Gasteiger charge is -2.18. The minimum absolute atomic E-state index is 0.182. The highest BCUT2D eigenvalue weighted by Gasteiger charge is 2.18. The Bertz CT molecular complexity index is 402. The third-order valence-corrected chi connectivity index (χ3v) is 3.96. The zero-order chi connectivity index (χ0) is 12.3. The number of hydrogen-bond donors (Lipinski definition) is 2. The van der Waals surface area contributed by atoms with Gasteiger partial charge in [-0.1, -0.05) is 46.9 Å². The SMILES string of the molecule is CC1(I)C=CC=C(NC2=CCC(N)C=C2)CC1. The summed E-state index contributed by atoms with van der Waals surface area (Å²) >= 11 is 2.51. The van der Waals surface area contributed by atoms with E-state index in [1.54, 1.807) is 0 Å². The summed E-state index contributed by atoms with van der Waals surface area (Å²) in [6.45, 7) is 2.26. The fraction of sp³-hybridized carbons (Fsp3) is 0.429. The maximum atomic E-state index is 5.80. The van der Waals surface area contributed by atoms with E-state index in [1.165, 1.54) is 17.8 Å². The van der Waals surface area contributed by atoms with Crippen LogP contribution in [0.25, 0.3) is 0 Å². The van der Waals surface area contributed by atoms with Gasteiger partial charge in [0.05, 0.1) is 0 Å². The molecule has 0 fully saturated rings. The van der Waals surface area contributed by atoms with Crippen LogP contribution in [0.3, 0.4) is 0 Å². The molecule has 0 spiro atoms. The van der Waals surface area contributed by atoms with Crippen LogP contribution in [0, 0.1) is 0 Å². The van der Waals surface area contributed by atoms with E-state index in [0.717, 1.165) is 12.8 Å². The van der Waals surface area contributed by atoms with Crippen LogP contribution < -0.4 is 11.1 Å². The second-order valence-electron chi connectivity index (χ2n) is 4.87. The van der Waals surface area contributed by atoms with Gasteiger partial charge in [0, 0.05) is 20.9 Å². The number of rotatable bonds is 2. The first-order chi connectivity index (χ1) is 8.05. The zero-order valence-corrected chi connectivity index (χ0v) is 12.3. The molecule has 0 aromatic rings. The van der Waals surface area contributed by atoms with Crippen molar-refractivity contribution in [2.75, 3.05) is 0 Å². The van der Waals surface area contributed by atoms with Gasteiger partial charge in [-0.25, -0.2) is 0 Å². The quantitative estimate of drug-likeness (QED) is 0.598. The van der Waals surface area contributed by atoms with Crippen molar-refractivity contribution in [1.82, 2.24) is 5.32 Å². The Hall–Kier alpha value is -0.550. The van der Waals surface area contributed by atoms with Crippen molar-refractivity contribution < 1.29 is 0 Å². The van der Waals surface area contributed by atoms with Gasteiger partial charge in [0.2, 0.25) is 0 Å². The first-order valence-electron chi connectivity index (χ1n) is 6.03. The fourth-order valence-corrected chi connectivity index (χ4v) is 2.41. The van der Waals surface area contributed by atoms with Crippen molar-refractivity contribution in [2.45, 2.75) is 35.6 Å². The molecule has 0 saturated heterocycles. The molecule has 2 aliphatic rings. The highest BCUT2D eigenvalue weighted by molar-refractivity contribution is 14.1. The van der Waals surface area contributed by atoms with Crippen molar-refractivity contribution >= 4 is 22.6 Å². The number of nitrogens with one attached hydrogen (secondary N) is 1. The standard InChI is InChI=1S/C14H19IN2/c1-14(15)9-2-3-12(8-10-14)17-13-6-4-11(16)5-7-13/h2-4,6-7,9,11,17H,5,8,10,16H2,1H3. The van der Waals surface area contributed by atoms with Crippen LogP contribution in [0.5, 0.6) is 0 Å². The molecule has 3 N–H and O–H groups in total. The molecule has 0 aromatic heterocycles. The number of hydrogen-bond acceptors (Lipinski definition) is 2. The molecule has 0 saturated carbocycles. The predicted octanol–water partition coefficient (Wildman–Crippen LogP) is 3.17. The first-order valence-corrected chi connectivity index (χ1v) is 7.11. The van der Waals surface area contributed by atoms with Crippen molar-refractivity contribution in [3.05, 3.63) is 47.9 Å². The largest absolute Gasteiger partial charge is 0.359 e. The average molecular weight is 342 g/mol. The summed E-state index contributed by atoms with van der Waals surface area (Å²) in [4.78, 5) is 0. The summed E-state index contributed by atoms with van der Waals surface area (Å²) in [7, 11) is 0. The van der Waals surface area contributed by atoms with E-state index in [4.69, 9.17) is 5.73 Å². The molecule has 0 radical (unpaired) electrons. The number of allylic oxidation sites excluding steroid dienone is 5. The maximum Gasteiger partial charge on any atom is 0.0379 e. The highest BCUT2D eigenvalue weighted by atomic mass is 127. The molecule has 0 heterocycles. The number of alkyl halides is 1. The molecular weight excluding hydrogens is 323 g/mol. The van der Waals surface area contributed by atoms with Gasteiger partial charge in [-0.15, -0.1) is 0 Å². The Morgan fingerprint density at radius 3 is 3.06 bits per heavy atom. The normalized spacial score (nSPS) is 32.8. The summed E-state index contributed by atoms with van der Waals surface area (Å²) in [5.74, 6) is 0. The van der Waals surface area contributed by atoms with Gasteiger partial charge in [-0.2, -0.15) is 0 Å². The van der Waals surface area contributed by atoms with Crippen LogP contribution in [0.2, 0.25) is 0 Å². The highest BCUT2D eigenvalue weighted by Crippen LogP contribution is 2.29. The Morgan fingerprint density at radius 1 is 1.53 bits per heavy atom. The molecule has 92 valence electrons. The summed E-state index contributed by atoms with van der Waals surface area (Å²) in [5.41, 5.74) is 8.26. The molecule has 17 heavy (non-hydrogen) atoms. The van der Waals surface area contributed by atoms with Crippen LogP contribution in [-0.4, -0.2) is 9.46 Å². The van der Waals surface area contributed by atoms with Crippen LogP contribution in [0.4, 0.5) is 0 Å². The second kappa shape index (κ2) is 5.40. The van der Waals surface area contributed by atoms with E-state index in [1.807, 2.05) is 0 Å². The van der Waals surface area contributed by atoms with Crippen molar-refractivity contribution in [3.63, 3.8) is 0 Å². The van der Waals surface area contributed by atoms with Crippen LogP contribution in [0.1, 0.15) is 26.2 Å². The Balaban J connectivity index is 1.95. The van der Waals surface area contributed by atoms with Crippen LogP contribution in [-0.2, 0) is 0 Å². The Labute approximate surface area is 117 Å². The lowest BCUT2D eigenvalue weighted by Crippen LogP contribution is -2.21. The Morgan fingerprint density at radius 2 is 2.35 bits per heavy atom. The van der Waals surface area contributed by atoms with Gasteiger partial charge in [0.25, 0.3) is 0 Å². The molecule has 0 amide bonds. The van der Waals surface area contributed by atoms with Crippen LogP contribution in [0.15, 0.2) is 47.9 Å². The van der Waals surface area contributed by atoms with Crippen LogP contribution >= 0.6 is 22.6 Å². The number of nitrogens with two attached hydrogens (primary N) is 1. The van der Waals surface area contributed by atoms with E-state index in [9.17, 15) is 0 Å². The maximum absolute atomic E-state index is 5.80. The van der Waals surface area contributed by atoms with Gasteiger partial charge in [0.1, 0.15) is 0 Å². The second-order valence-corrected chi connectivity index (χ2v) is 7.34. The van der Waals surface area contributed by atoms with E-state index in [0.29, 0.717) is 0 Å². The fourth-order valence-electron chi connectivity index (χ4n) is 1.93. The molecule has 0 bridgehead atoms. The summed E-state index contributed by atoms with van der Waals surface area (Å²) in [6.07, 6.45) is 16.1. The summed E-state index contributed by atoms with van der Waals surface area (Å²) in [6, 6.07) is 0.182. The number of halogens is 1. The topological polar surface area (TPSA) is 38.0 Å². The first kappa shape index (κ1) is 12.9. The zero-order valence-electron chi connectivity index (χ0n) is 10.1. The summed E-state index contributed by atoms with van der Waals surface area (Å²) in [5, 5.41) is 3.48. The third-order valence-electron chi connectivity index (χ3n) is 3.06. The lowest BCUT2D eigenvalue weighted by atomic mass is 10.1. The van der Waals surface area contributed by atoms with Crippen molar-refractivity contribution in [1.29, 1.82) is 0 Å². The van der Waals surface area contributed by atoms with E-state index >= 15 is 0 Å². The van der Waals surface area contributed by atoms with Gasteiger partial charge >= 0.3 is 0 Å². The van der Waals surface area contributed by atoms with Gasteiger partial charge in [0.15, 0.2) is 0 Å². The minimum atomic E-state index is 0.182.